The van der Waals surface area contributed by atoms with Crippen molar-refractivity contribution >= 4 is 5.57 Å². The van der Waals surface area contributed by atoms with E-state index in [0.717, 1.165) is 17.6 Å². The average Bonchev–Trinajstić information content (AvgIpc) is 2.30. The monoisotopic (exact) mass is 194 g/mol. The fourth-order valence-corrected chi connectivity index (χ4v) is 1.71. The van der Waals surface area contributed by atoms with Crippen molar-refractivity contribution < 1.29 is 0 Å². The third-order valence-corrected chi connectivity index (χ3v) is 2.59. The first-order chi connectivity index (χ1) is 7.29. The molecule has 0 N–H and O–H groups in total. The maximum atomic E-state index is 4.14. The normalized spacial score (nSPS) is 14.9. The second-order valence-corrected chi connectivity index (χ2v) is 3.66. The van der Waals surface area contributed by atoms with Gasteiger partial charge in [0, 0.05) is 0 Å². The molecule has 0 fully saturated rings. The minimum absolute atomic E-state index is 0.928. The van der Waals surface area contributed by atoms with Crippen LogP contribution in [0, 0.1) is 0 Å². The van der Waals surface area contributed by atoms with E-state index < -0.39 is 0 Å². The molecule has 0 amide bonds. The Hall–Kier alpha value is -1.82. The van der Waals surface area contributed by atoms with Crippen molar-refractivity contribution in [1.82, 2.24) is 0 Å². The predicted octanol–water partition coefficient (Wildman–Crippen LogP) is 4.14. The van der Waals surface area contributed by atoms with E-state index in [1.165, 1.54) is 11.1 Å². The molecule has 0 saturated heterocycles. The van der Waals surface area contributed by atoms with E-state index in [1.807, 2.05) is 18.2 Å². The number of hydrogen-bond donors (Lipinski definition) is 0. The van der Waals surface area contributed by atoms with E-state index >= 15 is 0 Å². The van der Waals surface area contributed by atoms with Crippen LogP contribution in [0.3, 0.4) is 0 Å². The second-order valence-electron chi connectivity index (χ2n) is 3.66. The van der Waals surface area contributed by atoms with Gasteiger partial charge in [-0.25, -0.2) is 0 Å². The van der Waals surface area contributed by atoms with Gasteiger partial charge in [0.15, 0.2) is 0 Å². The van der Waals surface area contributed by atoms with Crippen molar-refractivity contribution in [2.45, 2.75) is 6.42 Å². The smallest absolute Gasteiger partial charge is 0.00940 e. The quantitative estimate of drug-likeness (QED) is 0.663. The van der Waals surface area contributed by atoms with Crippen LogP contribution in [0.2, 0.25) is 0 Å². The van der Waals surface area contributed by atoms with Crippen LogP contribution in [0.25, 0.3) is 5.57 Å². The summed E-state index contributed by atoms with van der Waals surface area (Å²) in [6.45, 7) is 8.20. The van der Waals surface area contributed by atoms with Gasteiger partial charge in [0.25, 0.3) is 0 Å². The van der Waals surface area contributed by atoms with Crippen LogP contribution >= 0.6 is 0 Å². The van der Waals surface area contributed by atoms with Crippen LogP contribution in [0.5, 0.6) is 0 Å². The summed E-state index contributed by atoms with van der Waals surface area (Å²) >= 11 is 0. The van der Waals surface area contributed by atoms with E-state index in [-0.39, 0.29) is 0 Å². The van der Waals surface area contributed by atoms with Gasteiger partial charge in [-0.3, -0.25) is 0 Å². The van der Waals surface area contributed by atoms with Crippen molar-refractivity contribution in [2.75, 3.05) is 0 Å². The van der Waals surface area contributed by atoms with Crippen LogP contribution in [-0.4, -0.2) is 0 Å². The average molecular weight is 194 g/mol. The van der Waals surface area contributed by atoms with E-state index in [4.69, 9.17) is 0 Å². The highest BCUT2D eigenvalue weighted by atomic mass is 14.1. The van der Waals surface area contributed by atoms with Gasteiger partial charge in [0.2, 0.25) is 0 Å². The number of rotatable bonds is 2. The summed E-state index contributed by atoms with van der Waals surface area (Å²) in [5.41, 5.74) is 4.54. The Labute approximate surface area is 91.0 Å². The van der Waals surface area contributed by atoms with Crippen molar-refractivity contribution in [3.05, 3.63) is 78.4 Å². The predicted molar refractivity (Wildman–Crippen MR) is 66.5 cm³/mol. The lowest BCUT2D eigenvalue weighted by Gasteiger charge is -2.14. The zero-order valence-electron chi connectivity index (χ0n) is 8.74. The third-order valence-electron chi connectivity index (χ3n) is 2.59. The molecule has 0 aromatic heterocycles. The molecule has 1 aliphatic carbocycles. The van der Waals surface area contributed by atoms with Gasteiger partial charge in [-0.1, -0.05) is 61.7 Å². The highest BCUT2D eigenvalue weighted by molar-refractivity contribution is 5.82. The molecule has 15 heavy (non-hydrogen) atoms. The van der Waals surface area contributed by atoms with E-state index in [1.54, 1.807) is 0 Å². The third kappa shape index (κ3) is 1.99. The summed E-state index contributed by atoms with van der Waals surface area (Å²) in [4.78, 5) is 0. The van der Waals surface area contributed by atoms with Crippen molar-refractivity contribution in [1.29, 1.82) is 0 Å². The standard InChI is InChI=1S/C15H14/c1-12-8-6-7-11-15(12)13(2)14-9-4-3-5-10-14/h3-7,9-11H,1-2,8H2. The summed E-state index contributed by atoms with van der Waals surface area (Å²) in [5, 5.41) is 0. The van der Waals surface area contributed by atoms with Crippen molar-refractivity contribution in [2.24, 2.45) is 0 Å². The molecule has 74 valence electrons. The first-order valence-corrected chi connectivity index (χ1v) is 5.08. The molecule has 0 aliphatic heterocycles. The van der Waals surface area contributed by atoms with Crippen molar-refractivity contribution in [3.63, 3.8) is 0 Å². The zero-order valence-corrected chi connectivity index (χ0v) is 8.74. The number of benzene rings is 1. The minimum atomic E-state index is 0.928. The lowest BCUT2D eigenvalue weighted by molar-refractivity contribution is 1.24. The molecule has 0 bridgehead atoms. The molecule has 0 nitrogen and oxygen atoms in total. The Morgan fingerprint density at radius 2 is 1.87 bits per heavy atom. The Kier molecular flexibility index (Phi) is 2.68. The van der Waals surface area contributed by atoms with E-state index in [0.29, 0.717) is 0 Å². The molecular formula is C15H14. The van der Waals surface area contributed by atoms with Crippen molar-refractivity contribution in [3.8, 4) is 0 Å². The van der Waals surface area contributed by atoms with Crippen LogP contribution in [0.15, 0.2) is 72.9 Å². The molecule has 1 aromatic rings. The van der Waals surface area contributed by atoms with Gasteiger partial charge in [-0.05, 0) is 28.7 Å². The molecule has 0 spiro atoms. The molecule has 0 atom stereocenters. The second kappa shape index (κ2) is 4.14. The molecule has 0 heterocycles. The molecule has 0 unspecified atom stereocenters. The van der Waals surface area contributed by atoms with Gasteiger partial charge in [-0.15, -0.1) is 0 Å². The molecule has 0 saturated carbocycles. The maximum absolute atomic E-state index is 4.14. The number of allylic oxidation sites excluding steroid dienone is 6. The fraction of sp³-hybridized carbons (Fsp3) is 0.0667. The summed E-state index contributed by atoms with van der Waals surface area (Å²) < 4.78 is 0. The lowest BCUT2D eigenvalue weighted by Crippen LogP contribution is -1.94. The van der Waals surface area contributed by atoms with Crippen LogP contribution in [0.4, 0.5) is 0 Å². The summed E-state index contributed by atoms with van der Waals surface area (Å²) in [6, 6.07) is 10.2. The highest BCUT2D eigenvalue weighted by Crippen LogP contribution is 2.29. The SMILES string of the molecule is C=C1CC=CC=C1C(=C)c1ccccc1. The van der Waals surface area contributed by atoms with E-state index in [2.05, 4.69) is 43.5 Å². The Morgan fingerprint density at radius 3 is 2.53 bits per heavy atom. The lowest BCUT2D eigenvalue weighted by atomic mass is 9.90. The first kappa shape index (κ1) is 9.72. The molecule has 1 aromatic carbocycles. The van der Waals surface area contributed by atoms with E-state index in [9.17, 15) is 0 Å². The van der Waals surface area contributed by atoms with Gasteiger partial charge >= 0.3 is 0 Å². The van der Waals surface area contributed by atoms with Gasteiger partial charge in [0.05, 0.1) is 0 Å². The van der Waals surface area contributed by atoms with Crippen LogP contribution < -0.4 is 0 Å². The van der Waals surface area contributed by atoms with Gasteiger partial charge in [0.1, 0.15) is 0 Å². The minimum Gasteiger partial charge on any atom is -0.0949 e. The summed E-state index contributed by atoms with van der Waals surface area (Å²) in [6.07, 6.45) is 7.20. The molecule has 1 aliphatic rings. The van der Waals surface area contributed by atoms with Crippen LogP contribution in [0.1, 0.15) is 12.0 Å². The summed E-state index contributed by atoms with van der Waals surface area (Å²) in [7, 11) is 0. The highest BCUT2D eigenvalue weighted by Gasteiger charge is 2.09. The Balaban J connectivity index is 2.33. The molecule has 0 radical (unpaired) electrons. The Morgan fingerprint density at radius 1 is 1.13 bits per heavy atom. The number of hydrogen-bond acceptors (Lipinski definition) is 0. The first-order valence-electron chi connectivity index (χ1n) is 5.08. The van der Waals surface area contributed by atoms with Gasteiger partial charge in [-0.2, -0.15) is 0 Å². The van der Waals surface area contributed by atoms with Gasteiger partial charge < -0.3 is 0 Å². The molecule has 0 heteroatoms. The zero-order chi connectivity index (χ0) is 10.7. The fourth-order valence-electron chi connectivity index (χ4n) is 1.71. The Bertz CT molecular complexity index is 444. The van der Waals surface area contributed by atoms with Crippen LogP contribution in [-0.2, 0) is 0 Å². The largest absolute Gasteiger partial charge is 0.0949 e. The molecule has 2 rings (SSSR count). The summed E-state index contributed by atoms with van der Waals surface area (Å²) in [5.74, 6) is 0. The topological polar surface area (TPSA) is 0 Å². The molecular weight excluding hydrogens is 180 g/mol. The maximum Gasteiger partial charge on any atom is -0.00940 e.